The van der Waals surface area contributed by atoms with Crippen LogP contribution < -0.4 is 10.1 Å². The molecule has 0 saturated carbocycles. The fourth-order valence-electron chi connectivity index (χ4n) is 2.42. The van der Waals surface area contributed by atoms with Crippen LogP contribution in [-0.2, 0) is 0 Å². The van der Waals surface area contributed by atoms with Crippen molar-refractivity contribution in [2.24, 2.45) is 0 Å². The molecule has 3 aromatic rings. The molecule has 3 rings (SSSR count). The summed E-state index contributed by atoms with van der Waals surface area (Å²) < 4.78 is 18.9. The van der Waals surface area contributed by atoms with Crippen molar-refractivity contribution in [1.82, 2.24) is 4.98 Å². The highest BCUT2D eigenvalue weighted by molar-refractivity contribution is 5.94. The molecule has 0 aliphatic carbocycles. The highest BCUT2D eigenvalue weighted by atomic mass is 35.5. The molecule has 5 heteroatoms. The Kier molecular flexibility index (Phi) is 5.40. The SMILES string of the molecule is CCOc1ccc2nc(C)cc(Nc3cccc(F)c3)c2c1.Cl. The summed E-state index contributed by atoms with van der Waals surface area (Å²) in [7, 11) is 0. The Bertz CT molecular complexity index is 823. The van der Waals surface area contributed by atoms with E-state index in [2.05, 4.69) is 10.3 Å². The van der Waals surface area contributed by atoms with Gasteiger partial charge >= 0.3 is 0 Å². The van der Waals surface area contributed by atoms with E-state index in [-0.39, 0.29) is 18.2 Å². The van der Waals surface area contributed by atoms with Gasteiger partial charge in [0.05, 0.1) is 12.1 Å². The Morgan fingerprint density at radius 3 is 2.70 bits per heavy atom. The van der Waals surface area contributed by atoms with Crippen molar-refractivity contribution in [1.29, 1.82) is 0 Å². The number of benzene rings is 2. The average Bonchev–Trinajstić information content (AvgIpc) is 2.48. The second-order valence-corrected chi connectivity index (χ2v) is 5.06. The number of nitrogens with zero attached hydrogens (tertiary/aromatic N) is 1. The Morgan fingerprint density at radius 1 is 1.13 bits per heavy atom. The molecule has 1 N–H and O–H groups in total. The number of aromatic nitrogens is 1. The molecule has 1 aromatic heterocycles. The van der Waals surface area contributed by atoms with Crippen LogP contribution in [0.5, 0.6) is 5.75 Å². The zero-order chi connectivity index (χ0) is 15.5. The topological polar surface area (TPSA) is 34.1 Å². The zero-order valence-corrected chi connectivity index (χ0v) is 13.8. The standard InChI is InChI=1S/C18H17FN2O.ClH/c1-3-22-15-7-8-17-16(11-15)18(9-12(2)20-17)21-14-6-4-5-13(19)10-14;/h4-11H,3H2,1-2H3,(H,20,21);1H. The largest absolute Gasteiger partial charge is 0.494 e. The minimum Gasteiger partial charge on any atom is -0.494 e. The van der Waals surface area contributed by atoms with Gasteiger partial charge in [-0.25, -0.2) is 4.39 Å². The van der Waals surface area contributed by atoms with Crippen LogP contribution >= 0.6 is 12.4 Å². The van der Waals surface area contributed by atoms with Gasteiger partial charge in [0.25, 0.3) is 0 Å². The fourth-order valence-corrected chi connectivity index (χ4v) is 2.42. The van der Waals surface area contributed by atoms with E-state index in [0.717, 1.165) is 28.0 Å². The van der Waals surface area contributed by atoms with Crippen molar-refractivity contribution in [3.63, 3.8) is 0 Å². The smallest absolute Gasteiger partial charge is 0.125 e. The van der Waals surface area contributed by atoms with Crippen LogP contribution in [0.15, 0.2) is 48.5 Å². The zero-order valence-electron chi connectivity index (χ0n) is 13.0. The fraction of sp³-hybridized carbons (Fsp3) is 0.167. The summed E-state index contributed by atoms with van der Waals surface area (Å²) in [5.41, 5.74) is 3.36. The highest BCUT2D eigenvalue weighted by Gasteiger charge is 2.07. The minimum atomic E-state index is -0.268. The molecule has 0 fully saturated rings. The monoisotopic (exact) mass is 332 g/mol. The van der Waals surface area contributed by atoms with E-state index in [9.17, 15) is 4.39 Å². The van der Waals surface area contributed by atoms with Gasteiger partial charge in [0.2, 0.25) is 0 Å². The van der Waals surface area contributed by atoms with E-state index >= 15 is 0 Å². The Balaban J connectivity index is 0.00000192. The summed E-state index contributed by atoms with van der Waals surface area (Å²) in [4.78, 5) is 4.53. The number of rotatable bonds is 4. The molecule has 0 atom stereocenters. The van der Waals surface area contributed by atoms with Gasteiger partial charge in [-0.1, -0.05) is 6.07 Å². The maximum Gasteiger partial charge on any atom is 0.125 e. The first-order valence-corrected chi connectivity index (χ1v) is 7.22. The van der Waals surface area contributed by atoms with E-state index in [1.807, 2.05) is 44.2 Å². The van der Waals surface area contributed by atoms with Crippen LogP contribution in [-0.4, -0.2) is 11.6 Å². The van der Waals surface area contributed by atoms with Gasteiger partial charge in [0.15, 0.2) is 0 Å². The number of hydrogen-bond acceptors (Lipinski definition) is 3. The Hall–Kier alpha value is -2.33. The van der Waals surface area contributed by atoms with Crippen molar-refractivity contribution in [3.8, 4) is 5.75 Å². The summed E-state index contributed by atoms with van der Waals surface area (Å²) in [6.07, 6.45) is 0. The molecule has 0 spiro atoms. The number of anilines is 2. The molecule has 0 unspecified atom stereocenters. The number of hydrogen-bond donors (Lipinski definition) is 1. The number of pyridine rings is 1. The summed E-state index contributed by atoms with van der Waals surface area (Å²) in [5, 5.41) is 4.21. The molecule has 0 radical (unpaired) electrons. The van der Waals surface area contributed by atoms with Gasteiger partial charge in [-0.2, -0.15) is 0 Å². The summed E-state index contributed by atoms with van der Waals surface area (Å²) in [6, 6.07) is 14.1. The number of halogens is 2. The molecular formula is C18H18ClFN2O. The normalized spacial score (nSPS) is 10.2. The summed E-state index contributed by atoms with van der Waals surface area (Å²) in [5.74, 6) is 0.526. The number of aryl methyl sites for hydroxylation is 1. The van der Waals surface area contributed by atoms with Gasteiger partial charge in [-0.15, -0.1) is 12.4 Å². The van der Waals surface area contributed by atoms with Gasteiger partial charge in [0.1, 0.15) is 11.6 Å². The summed E-state index contributed by atoms with van der Waals surface area (Å²) >= 11 is 0. The molecular weight excluding hydrogens is 315 g/mol. The molecule has 120 valence electrons. The minimum absolute atomic E-state index is 0. The maximum absolute atomic E-state index is 13.4. The summed E-state index contributed by atoms with van der Waals surface area (Å²) in [6.45, 7) is 4.49. The lowest BCUT2D eigenvalue weighted by Gasteiger charge is -2.12. The lowest BCUT2D eigenvalue weighted by atomic mass is 10.1. The van der Waals surface area contributed by atoms with Crippen LogP contribution in [0.25, 0.3) is 10.9 Å². The predicted octanol–water partition coefficient (Wildman–Crippen LogP) is 5.25. The Morgan fingerprint density at radius 2 is 1.96 bits per heavy atom. The quantitative estimate of drug-likeness (QED) is 0.708. The van der Waals surface area contributed by atoms with Crippen molar-refractivity contribution >= 4 is 34.7 Å². The van der Waals surface area contributed by atoms with Crippen molar-refractivity contribution < 1.29 is 9.13 Å². The van der Waals surface area contributed by atoms with Crippen LogP contribution in [0.2, 0.25) is 0 Å². The Labute approximate surface area is 140 Å². The number of fused-ring (bicyclic) bond motifs is 1. The van der Waals surface area contributed by atoms with Crippen LogP contribution in [0.3, 0.4) is 0 Å². The van der Waals surface area contributed by atoms with Crippen molar-refractivity contribution in [2.45, 2.75) is 13.8 Å². The third-order valence-corrected chi connectivity index (χ3v) is 3.32. The lowest BCUT2D eigenvalue weighted by Crippen LogP contribution is -1.96. The van der Waals surface area contributed by atoms with Crippen LogP contribution in [0, 0.1) is 12.7 Å². The third-order valence-electron chi connectivity index (χ3n) is 3.32. The van der Waals surface area contributed by atoms with E-state index in [0.29, 0.717) is 12.3 Å². The predicted molar refractivity (Wildman–Crippen MR) is 94.6 cm³/mol. The van der Waals surface area contributed by atoms with E-state index in [1.165, 1.54) is 12.1 Å². The average molecular weight is 333 g/mol. The van der Waals surface area contributed by atoms with Crippen molar-refractivity contribution in [2.75, 3.05) is 11.9 Å². The lowest BCUT2D eigenvalue weighted by molar-refractivity contribution is 0.340. The highest BCUT2D eigenvalue weighted by Crippen LogP contribution is 2.29. The molecule has 0 saturated heterocycles. The molecule has 2 aromatic carbocycles. The first-order valence-electron chi connectivity index (χ1n) is 7.22. The number of ether oxygens (including phenoxy) is 1. The second-order valence-electron chi connectivity index (χ2n) is 5.06. The van der Waals surface area contributed by atoms with Gasteiger partial charge in [-0.3, -0.25) is 4.98 Å². The maximum atomic E-state index is 13.4. The van der Waals surface area contributed by atoms with E-state index in [1.54, 1.807) is 6.07 Å². The van der Waals surface area contributed by atoms with Gasteiger partial charge < -0.3 is 10.1 Å². The van der Waals surface area contributed by atoms with E-state index in [4.69, 9.17) is 4.74 Å². The first-order chi connectivity index (χ1) is 10.7. The molecule has 1 heterocycles. The van der Waals surface area contributed by atoms with Crippen molar-refractivity contribution in [3.05, 3.63) is 60.0 Å². The molecule has 0 bridgehead atoms. The number of nitrogens with one attached hydrogen (secondary N) is 1. The molecule has 0 aliphatic rings. The molecule has 23 heavy (non-hydrogen) atoms. The first kappa shape index (κ1) is 17.0. The molecule has 0 aliphatic heterocycles. The molecule has 3 nitrogen and oxygen atoms in total. The molecule has 0 amide bonds. The third kappa shape index (κ3) is 3.90. The van der Waals surface area contributed by atoms with Gasteiger partial charge in [-0.05, 0) is 56.3 Å². The van der Waals surface area contributed by atoms with Crippen LogP contribution in [0.4, 0.5) is 15.8 Å². The van der Waals surface area contributed by atoms with Crippen LogP contribution in [0.1, 0.15) is 12.6 Å². The van der Waals surface area contributed by atoms with Gasteiger partial charge in [0, 0.05) is 22.5 Å². The van der Waals surface area contributed by atoms with E-state index < -0.39 is 0 Å². The second kappa shape index (κ2) is 7.29.